The molecule has 0 bridgehead atoms. The Morgan fingerprint density at radius 3 is 2.90 bits per heavy atom. The third-order valence-corrected chi connectivity index (χ3v) is 5.18. The molecule has 1 aromatic heterocycles. The molecule has 0 aromatic carbocycles. The average Bonchev–Trinajstić information content (AvgIpc) is 2.91. The van der Waals surface area contributed by atoms with Crippen LogP contribution in [0.2, 0.25) is 0 Å². The van der Waals surface area contributed by atoms with Crippen molar-refractivity contribution < 1.29 is 9.53 Å². The van der Waals surface area contributed by atoms with Crippen LogP contribution >= 0.6 is 23.1 Å². The van der Waals surface area contributed by atoms with Gasteiger partial charge in [0.1, 0.15) is 0 Å². The quantitative estimate of drug-likeness (QED) is 0.560. The molecule has 1 aliphatic rings. The van der Waals surface area contributed by atoms with E-state index >= 15 is 0 Å². The van der Waals surface area contributed by atoms with Crippen molar-refractivity contribution in [3.05, 3.63) is 0 Å². The van der Waals surface area contributed by atoms with Crippen molar-refractivity contribution in [2.24, 2.45) is 0 Å². The number of carbonyl (C=O) groups excluding carboxylic acids is 1. The molecule has 3 N–H and O–H groups in total. The third-order valence-electron chi connectivity index (χ3n) is 3.30. The van der Waals surface area contributed by atoms with Crippen molar-refractivity contribution in [2.75, 3.05) is 24.6 Å². The largest absolute Gasteiger partial charge is 0.378 e. The lowest BCUT2D eigenvalue weighted by atomic mass is 9.98. The second kappa shape index (κ2) is 9.22. The number of amides is 1. The maximum absolute atomic E-state index is 11.6. The first kappa shape index (κ1) is 16.5. The van der Waals surface area contributed by atoms with Gasteiger partial charge in [0.25, 0.3) is 0 Å². The van der Waals surface area contributed by atoms with Crippen molar-refractivity contribution in [2.45, 2.75) is 49.0 Å². The predicted octanol–water partition coefficient (Wildman–Crippen LogP) is 2.07. The Labute approximate surface area is 133 Å². The van der Waals surface area contributed by atoms with Crippen LogP contribution < -0.4 is 11.1 Å². The fraction of sp³-hybridized carbons (Fsp3) is 0.769. The van der Waals surface area contributed by atoms with Crippen LogP contribution in [-0.4, -0.2) is 41.1 Å². The van der Waals surface area contributed by atoms with Crippen molar-refractivity contribution in [3.63, 3.8) is 0 Å². The SMILES string of the molecule is Nc1nnc(SCC(=O)NCCCOC2CCCCC2)s1. The summed E-state index contributed by atoms with van der Waals surface area (Å²) >= 11 is 2.65. The van der Waals surface area contributed by atoms with Crippen LogP contribution in [0.4, 0.5) is 5.13 Å². The van der Waals surface area contributed by atoms with E-state index in [4.69, 9.17) is 10.5 Å². The highest BCUT2D eigenvalue weighted by molar-refractivity contribution is 8.01. The number of carbonyl (C=O) groups is 1. The summed E-state index contributed by atoms with van der Waals surface area (Å²) in [6.07, 6.45) is 7.59. The molecule has 0 unspecified atom stereocenters. The Kier molecular flexibility index (Phi) is 7.25. The van der Waals surface area contributed by atoms with Crippen molar-refractivity contribution in [1.29, 1.82) is 0 Å². The molecule has 0 radical (unpaired) electrons. The number of nitrogens with one attached hydrogen (secondary N) is 1. The minimum Gasteiger partial charge on any atom is -0.378 e. The van der Waals surface area contributed by atoms with Gasteiger partial charge in [0.2, 0.25) is 11.0 Å². The van der Waals surface area contributed by atoms with Crippen molar-refractivity contribution in [1.82, 2.24) is 15.5 Å². The zero-order chi connectivity index (χ0) is 14.9. The summed E-state index contributed by atoms with van der Waals surface area (Å²) < 4.78 is 6.54. The van der Waals surface area contributed by atoms with Crippen LogP contribution in [0.3, 0.4) is 0 Å². The number of hydrogen-bond donors (Lipinski definition) is 2. The van der Waals surface area contributed by atoms with Crippen LogP contribution in [0.1, 0.15) is 38.5 Å². The summed E-state index contributed by atoms with van der Waals surface area (Å²) in [6, 6.07) is 0. The molecule has 1 aliphatic carbocycles. The second-order valence-electron chi connectivity index (χ2n) is 5.03. The van der Waals surface area contributed by atoms with Crippen LogP contribution in [-0.2, 0) is 9.53 Å². The Morgan fingerprint density at radius 2 is 2.19 bits per heavy atom. The minimum absolute atomic E-state index is 0.00596. The molecular formula is C13H22N4O2S2. The highest BCUT2D eigenvalue weighted by atomic mass is 32.2. The molecule has 21 heavy (non-hydrogen) atoms. The maximum Gasteiger partial charge on any atom is 0.230 e. The van der Waals surface area contributed by atoms with E-state index in [2.05, 4.69) is 15.5 Å². The lowest BCUT2D eigenvalue weighted by molar-refractivity contribution is -0.118. The number of rotatable bonds is 8. The van der Waals surface area contributed by atoms with Gasteiger partial charge in [0.05, 0.1) is 11.9 Å². The fourth-order valence-corrected chi connectivity index (χ4v) is 3.70. The van der Waals surface area contributed by atoms with Gasteiger partial charge in [-0.1, -0.05) is 42.4 Å². The van der Waals surface area contributed by atoms with Gasteiger partial charge < -0.3 is 15.8 Å². The van der Waals surface area contributed by atoms with E-state index in [0.717, 1.165) is 17.4 Å². The molecule has 6 nitrogen and oxygen atoms in total. The van der Waals surface area contributed by atoms with Gasteiger partial charge in [0, 0.05) is 13.2 Å². The number of ether oxygens (including phenoxy) is 1. The fourth-order valence-electron chi connectivity index (χ4n) is 2.24. The van der Waals surface area contributed by atoms with Gasteiger partial charge in [-0.3, -0.25) is 4.79 Å². The summed E-state index contributed by atoms with van der Waals surface area (Å²) in [5.74, 6) is 0.351. The van der Waals surface area contributed by atoms with E-state index in [1.807, 2.05) is 0 Å². The predicted molar refractivity (Wildman–Crippen MR) is 85.5 cm³/mol. The summed E-state index contributed by atoms with van der Waals surface area (Å²) in [5, 5.41) is 10.9. The molecule has 0 saturated heterocycles. The Morgan fingerprint density at radius 1 is 1.38 bits per heavy atom. The number of anilines is 1. The van der Waals surface area contributed by atoms with E-state index in [1.165, 1.54) is 55.2 Å². The van der Waals surface area contributed by atoms with E-state index in [0.29, 0.717) is 23.5 Å². The molecule has 118 valence electrons. The van der Waals surface area contributed by atoms with Gasteiger partial charge in [0.15, 0.2) is 4.34 Å². The maximum atomic E-state index is 11.6. The summed E-state index contributed by atoms with van der Waals surface area (Å²) in [5.41, 5.74) is 5.48. The topological polar surface area (TPSA) is 90.1 Å². The van der Waals surface area contributed by atoms with Gasteiger partial charge in [-0.25, -0.2) is 0 Å². The number of thioether (sulfide) groups is 1. The number of aromatic nitrogens is 2. The zero-order valence-corrected chi connectivity index (χ0v) is 13.7. The normalized spacial score (nSPS) is 16.0. The summed E-state index contributed by atoms with van der Waals surface area (Å²) in [4.78, 5) is 11.6. The molecule has 0 aliphatic heterocycles. The van der Waals surface area contributed by atoms with Gasteiger partial charge in [-0.05, 0) is 19.3 Å². The molecule has 0 spiro atoms. The number of nitrogens with two attached hydrogens (primary N) is 1. The lowest BCUT2D eigenvalue weighted by Gasteiger charge is -2.21. The molecular weight excluding hydrogens is 308 g/mol. The van der Waals surface area contributed by atoms with E-state index < -0.39 is 0 Å². The number of nitrogen functional groups attached to an aromatic ring is 1. The van der Waals surface area contributed by atoms with Crippen molar-refractivity contribution >= 4 is 34.1 Å². The van der Waals surface area contributed by atoms with Crippen LogP contribution in [0.5, 0.6) is 0 Å². The van der Waals surface area contributed by atoms with Crippen molar-refractivity contribution in [3.8, 4) is 0 Å². The van der Waals surface area contributed by atoms with Gasteiger partial charge >= 0.3 is 0 Å². The Balaban J connectivity index is 1.47. The monoisotopic (exact) mass is 330 g/mol. The smallest absolute Gasteiger partial charge is 0.230 e. The van der Waals surface area contributed by atoms with E-state index in [-0.39, 0.29) is 5.91 Å². The highest BCUT2D eigenvalue weighted by Gasteiger charge is 2.13. The van der Waals surface area contributed by atoms with E-state index in [9.17, 15) is 4.79 Å². The van der Waals surface area contributed by atoms with E-state index in [1.54, 1.807) is 0 Å². The standard InChI is InChI=1S/C13H22N4O2S2/c14-12-16-17-13(21-12)20-9-11(18)15-7-4-8-19-10-5-2-1-3-6-10/h10H,1-9H2,(H2,14,16)(H,15,18). The molecule has 2 rings (SSSR count). The first-order valence-electron chi connectivity index (χ1n) is 7.34. The van der Waals surface area contributed by atoms with Gasteiger partial charge in [-0.15, -0.1) is 10.2 Å². The first-order valence-corrected chi connectivity index (χ1v) is 9.14. The molecule has 1 heterocycles. The summed E-state index contributed by atoms with van der Waals surface area (Å²) in [7, 11) is 0. The Hall–Kier alpha value is -0.860. The molecule has 1 aromatic rings. The van der Waals surface area contributed by atoms with Gasteiger partial charge in [-0.2, -0.15) is 0 Å². The minimum atomic E-state index is 0.00596. The molecule has 0 atom stereocenters. The van der Waals surface area contributed by atoms with Crippen LogP contribution in [0.25, 0.3) is 0 Å². The molecule has 1 saturated carbocycles. The lowest BCUT2D eigenvalue weighted by Crippen LogP contribution is -2.27. The second-order valence-corrected chi connectivity index (χ2v) is 7.26. The molecule has 1 amide bonds. The number of hydrogen-bond acceptors (Lipinski definition) is 7. The third kappa shape index (κ3) is 6.62. The summed E-state index contributed by atoms with van der Waals surface area (Å²) in [6.45, 7) is 1.38. The average molecular weight is 330 g/mol. The number of nitrogens with zero attached hydrogens (tertiary/aromatic N) is 2. The zero-order valence-electron chi connectivity index (χ0n) is 12.0. The van der Waals surface area contributed by atoms with Crippen LogP contribution in [0.15, 0.2) is 4.34 Å². The highest BCUT2D eigenvalue weighted by Crippen LogP contribution is 2.23. The molecule has 1 fully saturated rings. The first-order chi connectivity index (χ1) is 10.2. The van der Waals surface area contributed by atoms with Crippen LogP contribution in [0, 0.1) is 0 Å². The molecule has 8 heteroatoms. The Bertz CT molecular complexity index is 436.